The molecule has 2 aliphatic rings. The number of benzene rings is 2. The smallest absolute Gasteiger partial charge is 0.322 e. The molecule has 5 rings (SSSR count). The lowest BCUT2D eigenvalue weighted by Crippen LogP contribution is -2.34. The highest BCUT2D eigenvalue weighted by atomic mass is 16.2. The van der Waals surface area contributed by atoms with Crippen molar-refractivity contribution in [2.75, 3.05) is 18.4 Å². The average Bonchev–Trinajstić information content (AvgIpc) is 3.49. The monoisotopic (exact) mass is 412 g/mol. The summed E-state index contributed by atoms with van der Waals surface area (Å²) < 4.78 is 0. The Kier molecular flexibility index (Phi) is 5.04. The van der Waals surface area contributed by atoms with E-state index in [9.17, 15) is 9.59 Å². The second kappa shape index (κ2) is 8.14. The predicted molar refractivity (Wildman–Crippen MR) is 120 cm³/mol. The summed E-state index contributed by atoms with van der Waals surface area (Å²) in [6, 6.07) is 19.6. The average molecular weight is 412 g/mol. The third kappa shape index (κ3) is 3.97. The number of nitrogens with zero attached hydrogens (tertiary/aromatic N) is 2. The van der Waals surface area contributed by atoms with E-state index in [0.29, 0.717) is 31.9 Å². The summed E-state index contributed by atoms with van der Waals surface area (Å²) in [7, 11) is 0. The molecular formula is C25H24N4O2. The minimum Gasteiger partial charge on any atom is -0.357 e. The van der Waals surface area contributed by atoms with Crippen molar-refractivity contribution in [3.63, 3.8) is 0 Å². The van der Waals surface area contributed by atoms with Crippen LogP contribution in [-0.4, -0.2) is 39.8 Å². The van der Waals surface area contributed by atoms with Gasteiger partial charge in [0.15, 0.2) is 0 Å². The summed E-state index contributed by atoms with van der Waals surface area (Å²) in [6.45, 7) is 2.58. The van der Waals surface area contributed by atoms with Gasteiger partial charge in [-0.3, -0.25) is 4.79 Å². The maximum Gasteiger partial charge on any atom is 0.322 e. The van der Waals surface area contributed by atoms with Crippen LogP contribution in [0.1, 0.15) is 33.6 Å². The first-order chi connectivity index (χ1) is 15.2. The lowest BCUT2D eigenvalue weighted by Gasteiger charge is -2.26. The molecule has 0 saturated carbocycles. The van der Waals surface area contributed by atoms with Crippen molar-refractivity contribution < 1.29 is 9.59 Å². The first-order valence-electron chi connectivity index (χ1n) is 10.5. The second-order valence-electron chi connectivity index (χ2n) is 7.95. The lowest BCUT2D eigenvalue weighted by atomic mass is 9.99. The molecule has 6 heteroatoms. The second-order valence-corrected chi connectivity index (χ2v) is 7.95. The van der Waals surface area contributed by atoms with E-state index in [4.69, 9.17) is 0 Å². The summed E-state index contributed by atoms with van der Waals surface area (Å²) in [4.78, 5) is 31.7. The van der Waals surface area contributed by atoms with Crippen LogP contribution >= 0.6 is 0 Å². The first kappa shape index (κ1) is 19.2. The number of aromatic nitrogens is 1. The molecule has 31 heavy (non-hydrogen) atoms. The zero-order chi connectivity index (χ0) is 21.2. The third-order valence-electron chi connectivity index (χ3n) is 5.96. The van der Waals surface area contributed by atoms with Crippen LogP contribution in [0.5, 0.6) is 0 Å². The number of aromatic amines is 1. The van der Waals surface area contributed by atoms with Gasteiger partial charge in [-0.15, -0.1) is 0 Å². The fraction of sp³-hybridized carbons (Fsp3) is 0.200. The Balaban J connectivity index is 1.19. The number of urea groups is 1. The van der Waals surface area contributed by atoms with Gasteiger partial charge in [0, 0.05) is 38.1 Å². The van der Waals surface area contributed by atoms with Gasteiger partial charge in [0.05, 0.1) is 0 Å². The van der Waals surface area contributed by atoms with E-state index in [2.05, 4.69) is 28.5 Å². The van der Waals surface area contributed by atoms with Crippen LogP contribution in [0, 0.1) is 0 Å². The zero-order valence-corrected chi connectivity index (χ0v) is 17.2. The van der Waals surface area contributed by atoms with Crippen molar-refractivity contribution in [2.24, 2.45) is 0 Å². The Hall–Kier alpha value is -3.80. The van der Waals surface area contributed by atoms with Crippen LogP contribution < -0.4 is 5.32 Å². The number of hydrogen-bond donors (Lipinski definition) is 2. The highest BCUT2D eigenvalue weighted by Crippen LogP contribution is 2.26. The van der Waals surface area contributed by atoms with E-state index in [1.807, 2.05) is 52.3 Å². The molecule has 156 valence electrons. The minimum absolute atomic E-state index is 0.0300. The predicted octanol–water partition coefficient (Wildman–Crippen LogP) is 4.49. The number of H-pyrrole nitrogens is 1. The largest absolute Gasteiger partial charge is 0.357 e. The number of carbonyl (C=O) groups excluding carboxylic acids is 2. The number of carbonyl (C=O) groups is 2. The molecule has 0 unspecified atom stereocenters. The lowest BCUT2D eigenvalue weighted by molar-refractivity contribution is 0.0767. The van der Waals surface area contributed by atoms with Gasteiger partial charge in [0.2, 0.25) is 0 Å². The van der Waals surface area contributed by atoms with E-state index in [-0.39, 0.29) is 11.9 Å². The minimum atomic E-state index is -0.0840. The zero-order valence-electron chi connectivity index (χ0n) is 17.2. The molecule has 2 aromatic carbocycles. The van der Waals surface area contributed by atoms with E-state index in [0.717, 1.165) is 17.7 Å². The number of amides is 3. The van der Waals surface area contributed by atoms with Gasteiger partial charge in [-0.05, 0) is 52.9 Å². The Morgan fingerprint density at radius 3 is 2.23 bits per heavy atom. The molecule has 0 radical (unpaired) electrons. The van der Waals surface area contributed by atoms with Crippen molar-refractivity contribution in [2.45, 2.75) is 19.5 Å². The van der Waals surface area contributed by atoms with E-state index < -0.39 is 0 Å². The van der Waals surface area contributed by atoms with Crippen molar-refractivity contribution in [3.8, 4) is 0 Å². The summed E-state index contributed by atoms with van der Waals surface area (Å²) in [6.07, 6.45) is 4.69. The number of nitrogens with one attached hydrogen (secondary N) is 2. The van der Waals surface area contributed by atoms with E-state index in [1.54, 1.807) is 12.3 Å². The van der Waals surface area contributed by atoms with Crippen LogP contribution in [0.15, 0.2) is 72.9 Å². The maximum absolute atomic E-state index is 12.6. The number of anilines is 1. The van der Waals surface area contributed by atoms with Gasteiger partial charge in [-0.1, -0.05) is 42.5 Å². The molecule has 0 fully saturated rings. The number of rotatable bonds is 3. The van der Waals surface area contributed by atoms with Crippen LogP contribution in [-0.2, 0) is 13.1 Å². The third-order valence-corrected chi connectivity index (χ3v) is 5.96. The molecule has 0 aliphatic carbocycles. The Morgan fingerprint density at radius 2 is 1.61 bits per heavy atom. The van der Waals surface area contributed by atoms with Crippen LogP contribution in [0.3, 0.4) is 0 Å². The molecule has 2 aliphatic heterocycles. The molecule has 3 heterocycles. The Bertz CT molecular complexity index is 1110. The molecule has 3 aromatic rings. The normalized spacial score (nSPS) is 15.4. The van der Waals surface area contributed by atoms with Gasteiger partial charge in [-0.2, -0.15) is 0 Å². The molecule has 0 atom stereocenters. The van der Waals surface area contributed by atoms with Gasteiger partial charge >= 0.3 is 6.03 Å². The van der Waals surface area contributed by atoms with Gasteiger partial charge in [0.25, 0.3) is 5.91 Å². The van der Waals surface area contributed by atoms with Crippen molar-refractivity contribution in [3.05, 3.63) is 95.3 Å². The van der Waals surface area contributed by atoms with E-state index in [1.165, 1.54) is 16.7 Å². The van der Waals surface area contributed by atoms with Crippen LogP contribution in [0.2, 0.25) is 0 Å². The molecule has 0 bridgehead atoms. The molecule has 0 saturated heterocycles. The first-order valence-corrected chi connectivity index (χ1v) is 10.5. The molecule has 0 spiro atoms. The molecule has 1 aromatic heterocycles. The molecule has 6 nitrogen and oxygen atoms in total. The Labute approximate surface area is 181 Å². The number of hydrogen-bond acceptors (Lipinski definition) is 2. The summed E-state index contributed by atoms with van der Waals surface area (Å²) in [5, 5.41) is 3.00. The fourth-order valence-electron chi connectivity index (χ4n) is 4.20. The standard InChI is InChI=1S/C25H24N4O2/c30-24(23-6-3-13-26-23)28-14-11-19(12-15-28)18-7-9-22(10-8-18)27-25(31)29-16-20-4-1-2-5-21(20)17-29/h1-11,13,26H,12,14-17H2,(H,27,31). The van der Waals surface area contributed by atoms with Crippen molar-refractivity contribution in [1.82, 2.24) is 14.8 Å². The summed E-state index contributed by atoms with van der Waals surface area (Å²) in [5.74, 6) is 0.0300. The quantitative estimate of drug-likeness (QED) is 0.665. The van der Waals surface area contributed by atoms with Crippen LogP contribution in [0.4, 0.5) is 10.5 Å². The van der Waals surface area contributed by atoms with Gasteiger partial charge < -0.3 is 20.1 Å². The van der Waals surface area contributed by atoms with Gasteiger partial charge in [-0.25, -0.2) is 4.79 Å². The molecule has 2 N–H and O–H groups in total. The highest BCUT2D eigenvalue weighted by molar-refractivity contribution is 5.93. The summed E-state index contributed by atoms with van der Waals surface area (Å²) in [5.41, 5.74) is 6.17. The highest BCUT2D eigenvalue weighted by Gasteiger charge is 2.23. The summed E-state index contributed by atoms with van der Waals surface area (Å²) >= 11 is 0. The Morgan fingerprint density at radius 1 is 0.871 bits per heavy atom. The molecule has 3 amide bonds. The number of fused-ring (bicyclic) bond motifs is 1. The van der Waals surface area contributed by atoms with Gasteiger partial charge in [0.1, 0.15) is 5.69 Å². The van der Waals surface area contributed by atoms with Crippen molar-refractivity contribution >= 4 is 23.2 Å². The van der Waals surface area contributed by atoms with Crippen molar-refractivity contribution in [1.29, 1.82) is 0 Å². The topological polar surface area (TPSA) is 68.4 Å². The molecular weight excluding hydrogens is 388 g/mol. The maximum atomic E-state index is 12.6. The van der Waals surface area contributed by atoms with Crippen LogP contribution in [0.25, 0.3) is 5.57 Å². The van der Waals surface area contributed by atoms with E-state index >= 15 is 0 Å². The fourth-order valence-corrected chi connectivity index (χ4v) is 4.20. The SMILES string of the molecule is O=C(Nc1ccc(C2=CCN(C(=O)c3ccc[nH]3)CC2)cc1)N1Cc2ccccc2C1.